The van der Waals surface area contributed by atoms with Gasteiger partial charge >= 0.3 is 0 Å². The fourth-order valence-corrected chi connectivity index (χ4v) is 2.23. The molecule has 0 unspecified atom stereocenters. The molecule has 0 N–H and O–H groups in total. The van der Waals surface area contributed by atoms with Crippen molar-refractivity contribution < 1.29 is 9.53 Å². The maximum absolute atomic E-state index is 10.5. The third-order valence-corrected chi connectivity index (χ3v) is 3.16. The molecule has 0 atom stereocenters. The van der Waals surface area contributed by atoms with Gasteiger partial charge in [-0.05, 0) is 43.8 Å². The minimum absolute atomic E-state index is 0.427. The maximum Gasteiger partial charge on any atom is 0.146 e. The second-order valence-electron chi connectivity index (χ2n) is 4.37. The zero-order valence-electron chi connectivity index (χ0n) is 9.08. The number of carbonyl (C=O) groups excluding carboxylic acids is 1. The van der Waals surface area contributed by atoms with Crippen LogP contribution in [-0.4, -0.2) is 12.4 Å². The van der Waals surface area contributed by atoms with Crippen LogP contribution in [0.4, 0.5) is 0 Å². The average Bonchev–Trinajstić information content (AvgIpc) is 2.31. The van der Waals surface area contributed by atoms with Gasteiger partial charge in [-0.25, -0.2) is 0 Å². The highest BCUT2D eigenvalue weighted by Gasteiger charge is 2.16. The highest BCUT2D eigenvalue weighted by atomic mass is 16.5. The summed E-state index contributed by atoms with van der Waals surface area (Å²) in [6, 6.07) is 0. The van der Waals surface area contributed by atoms with E-state index in [1.165, 1.54) is 32.1 Å². The van der Waals surface area contributed by atoms with Crippen LogP contribution in [0.2, 0.25) is 0 Å². The maximum atomic E-state index is 10.5. The van der Waals surface area contributed by atoms with Gasteiger partial charge in [-0.3, -0.25) is 4.79 Å². The largest absolute Gasteiger partial charge is 0.495 e. The molecule has 0 aromatic carbocycles. The lowest BCUT2D eigenvalue weighted by molar-refractivity contribution is -0.105. The lowest BCUT2D eigenvalue weighted by Crippen LogP contribution is -2.16. The molecule has 0 spiro atoms. The van der Waals surface area contributed by atoms with Gasteiger partial charge in [0.15, 0.2) is 0 Å². The number of hydrogen-bond acceptors (Lipinski definition) is 2. The molecule has 1 fully saturated rings. The zero-order chi connectivity index (χ0) is 10.5. The predicted octanol–water partition coefficient (Wildman–Crippen LogP) is 3.14. The van der Waals surface area contributed by atoms with E-state index in [1.54, 1.807) is 0 Å². The minimum Gasteiger partial charge on any atom is -0.495 e. The van der Waals surface area contributed by atoms with E-state index in [1.807, 2.05) is 12.2 Å². The molecule has 0 aliphatic heterocycles. The Morgan fingerprint density at radius 1 is 1.13 bits per heavy atom. The van der Waals surface area contributed by atoms with Crippen LogP contribution in [0.3, 0.4) is 0 Å². The van der Waals surface area contributed by atoms with Gasteiger partial charge < -0.3 is 4.74 Å². The minimum atomic E-state index is 0.427. The molecule has 0 radical (unpaired) electrons. The summed E-state index contributed by atoms with van der Waals surface area (Å²) in [5.41, 5.74) is 0.881. The lowest BCUT2D eigenvalue weighted by atomic mass is 9.97. The van der Waals surface area contributed by atoms with Crippen LogP contribution in [0, 0.1) is 0 Å². The first-order valence-electron chi connectivity index (χ1n) is 5.90. The first-order valence-corrected chi connectivity index (χ1v) is 5.90. The second-order valence-corrected chi connectivity index (χ2v) is 4.37. The molecule has 2 rings (SSSR count). The average molecular weight is 206 g/mol. The summed E-state index contributed by atoms with van der Waals surface area (Å²) in [6.45, 7) is 0. The quantitative estimate of drug-likeness (QED) is 0.663. The Kier molecular flexibility index (Phi) is 3.59. The van der Waals surface area contributed by atoms with Crippen molar-refractivity contribution in [3.63, 3.8) is 0 Å². The number of rotatable bonds is 3. The number of aldehydes is 1. The molecule has 2 aliphatic rings. The van der Waals surface area contributed by atoms with Crippen molar-refractivity contribution in [1.29, 1.82) is 0 Å². The normalized spacial score (nSPS) is 22.9. The molecule has 0 amide bonds. The van der Waals surface area contributed by atoms with Gasteiger partial charge in [0.05, 0.1) is 11.9 Å². The van der Waals surface area contributed by atoms with Crippen molar-refractivity contribution in [3.8, 4) is 0 Å². The first-order chi connectivity index (χ1) is 7.38. The number of carbonyl (C=O) groups is 1. The van der Waals surface area contributed by atoms with E-state index in [2.05, 4.69) is 0 Å². The molecule has 0 aromatic heterocycles. The Morgan fingerprint density at radius 3 is 2.53 bits per heavy atom. The topological polar surface area (TPSA) is 26.3 Å². The molecule has 2 nitrogen and oxygen atoms in total. The van der Waals surface area contributed by atoms with Crippen LogP contribution in [0.5, 0.6) is 0 Å². The van der Waals surface area contributed by atoms with Crippen molar-refractivity contribution in [2.75, 3.05) is 0 Å². The van der Waals surface area contributed by atoms with Gasteiger partial charge in [-0.15, -0.1) is 0 Å². The summed E-state index contributed by atoms with van der Waals surface area (Å²) in [7, 11) is 0. The Bertz CT molecular complexity index is 283. The van der Waals surface area contributed by atoms with Crippen LogP contribution < -0.4 is 0 Å². The summed E-state index contributed by atoms with van der Waals surface area (Å²) in [5.74, 6) is 1.06. The van der Waals surface area contributed by atoms with E-state index in [0.29, 0.717) is 6.10 Å². The van der Waals surface area contributed by atoms with E-state index in [9.17, 15) is 4.79 Å². The lowest BCUT2D eigenvalue weighted by Gasteiger charge is -2.25. The summed E-state index contributed by atoms with van der Waals surface area (Å²) < 4.78 is 5.93. The Balaban J connectivity index is 1.86. The van der Waals surface area contributed by atoms with E-state index in [0.717, 1.165) is 30.5 Å². The molecule has 0 saturated heterocycles. The molecule has 0 bridgehead atoms. The van der Waals surface area contributed by atoms with Gasteiger partial charge in [0.25, 0.3) is 0 Å². The van der Waals surface area contributed by atoms with Crippen LogP contribution in [0.25, 0.3) is 0 Å². The van der Waals surface area contributed by atoms with E-state index < -0.39 is 0 Å². The predicted molar refractivity (Wildman–Crippen MR) is 59.4 cm³/mol. The van der Waals surface area contributed by atoms with Crippen LogP contribution in [0.1, 0.15) is 44.9 Å². The van der Waals surface area contributed by atoms with Crippen molar-refractivity contribution in [2.24, 2.45) is 0 Å². The number of allylic oxidation sites excluding steroid dienone is 4. The highest BCUT2D eigenvalue weighted by Crippen LogP contribution is 2.26. The van der Waals surface area contributed by atoms with E-state index in [4.69, 9.17) is 4.74 Å². The summed E-state index contributed by atoms with van der Waals surface area (Å²) in [6.07, 6.45) is 13.3. The molecule has 2 aliphatic carbocycles. The second kappa shape index (κ2) is 5.15. The fourth-order valence-electron chi connectivity index (χ4n) is 2.23. The molecule has 82 valence electrons. The van der Waals surface area contributed by atoms with Crippen molar-refractivity contribution >= 4 is 6.29 Å². The van der Waals surface area contributed by atoms with Gasteiger partial charge in [0, 0.05) is 6.42 Å². The molecule has 1 saturated carbocycles. The van der Waals surface area contributed by atoms with E-state index >= 15 is 0 Å². The summed E-state index contributed by atoms with van der Waals surface area (Å²) in [5, 5.41) is 0. The van der Waals surface area contributed by atoms with Gasteiger partial charge in [0.2, 0.25) is 0 Å². The van der Waals surface area contributed by atoms with Gasteiger partial charge in [-0.1, -0.05) is 12.5 Å². The van der Waals surface area contributed by atoms with E-state index in [-0.39, 0.29) is 0 Å². The molecule has 15 heavy (non-hydrogen) atoms. The molecule has 0 heterocycles. The van der Waals surface area contributed by atoms with Crippen LogP contribution >= 0.6 is 0 Å². The van der Waals surface area contributed by atoms with Gasteiger partial charge in [0.1, 0.15) is 6.29 Å². The number of ether oxygens (including phenoxy) is 1. The number of hydrogen-bond donors (Lipinski definition) is 0. The Morgan fingerprint density at radius 2 is 1.93 bits per heavy atom. The molecular formula is C13H18O2. The van der Waals surface area contributed by atoms with Crippen LogP contribution in [-0.2, 0) is 9.53 Å². The molecule has 2 heteroatoms. The third kappa shape index (κ3) is 2.95. The SMILES string of the molecule is O=CC1=CC=C(OC2CCCCC2)CC1. The van der Waals surface area contributed by atoms with Gasteiger partial charge in [-0.2, -0.15) is 0 Å². The fraction of sp³-hybridized carbons (Fsp3) is 0.615. The summed E-state index contributed by atoms with van der Waals surface area (Å²) >= 11 is 0. The molecule has 0 aromatic rings. The zero-order valence-corrected chi connectivity index (χ0v) is 9.08. The Labute approximate surface area is 91.0 Å². The smallest absolute Gasteiger partial charge is 0.146 e. The summed E-state index contributed by atoms with van der Waals surface area (Å²) in [4.78, 5) is 10.5. The van der Waals surface area contributed by atoms with Crippen molar-refractivity contribution in [3.05, 3.63) is 23.5 Å². The third-order valence-electron chi connectivity index (χ3n) is 3.16. The first kappa shape index (κ1) is 10.5. The molecular weight excluding hydrogens is 188 g/mol. The standard InChI is InChI=1S/C13H18O2/c14-10-11-6-8-13(9-7-11)15-12-4-2-1-3-5-12/h6,8,10,12H,1-5,7,9H2. The van der Waals surface area contributed by atoms with Crippen molar-refractivity contribution in [1.82, 2.24) is 0 Å². The monoisotopic (exact) mass is 206 g/mol. The van der Waals surface area contributed by atoms with Crippen LogP contribution in [0.15, 0.2) is 23.5 Å². The highest BCUT2D eigenvalue weighted by molar-refractivity contribution is 5.74. The Hall–Kier alpha value is -1.05. The van der Waals surface area contributed by atoms with Crippen molar-refractivity contribution in [2.45, 2.75) is 51.0 Å².